The molecular formula is C15H13F2NO2S. The van der Waals surface area contributed by atoms with Crippen molar-refractivity contribution >= 4 is 23.4 Å². The van der Waals surface area contributed by atoms with E-state index in [9.17, 15) is 13.6 Å². The summed E-state index contributed by atoms with van der Waals surface area (Å²) in [5.41, 5.74) is 0.313. The Balaban J connectivity index is 2.15. The van der Waals surface area contributed by atoms with E-state index in [1.165, 1.54) is 0 Å². The molecule has 0 aliphatic carbocycles. The second-order valence-electron chi connectivity index (χ2n) is 4.32. The van der Waals surface area contributed by atoms with Crippen LogP contribution in [0.1, 0.15) is 15.9 Å². The molecule has 0 amide bonds. The molecule has 0 heterocycles. The van der Waals surface area contributed by atoms with Gasteiger partial charge in [-0.1, -0.05) is 12.1 Å². The minimum Gasteiger partial charge on any atom is -0.478 e. The molecule has 2 aromatic rings. The topological polar surface area (TPSA) is 49.3 Å². The molecular weight excluding hydrogens is 296 g/mol. The zero-order valence-corrected chi connectivity index (χ0v) is 12.0. The number of carboxylic acid groups (broad SMARTS) is 1. The highest BCUT2D eigenvalue weighted by Gasteiger charge is 2.14. The lowest BCUT2D eigenvalue weighted by Crippen LogP contribution is -2.06. The van der Waals surface area contributed by atoms with Crippen LogP contribution >= 0.6 is 11.8 Å². The zero-order chi connectivity index (χ0) is 15.4. The van der Waals surface area contributed by atoms with E-state index in [2.05, 4.69) is 5.32 Å². The number of halogens is 2. The van der Waals surface area contributed by atoms with Crippen molar-refractivity contribution in [1.29, 1.82) is 0 Å². The van der Waals surface area contributed by atoms with Crippen LogP contribution in [-0.2, 0) is 6.54 Å². The van der Waals surface area contributed by atoms with Crippen LogP contribution in [0.4, 0.5) is 14.5 Å². The lowest BCUT2D eigenvalue weighted by atomic mass is 10.1. The van der Waals surface area contributed by atoms with Crippen molar-refractivity contribution in [3.63, 3.8) is 0 Å². The fourth-order valence-electron chi connectivity index (χ4n) is 1.79. The Morgan fingerprint density at radius 1 is 1.19 bits per heavy atom. The minimum absolute atomic E-state index is 0.0391. The summed E-state index contributed by atoms with van der Waals surface area (Å²) in [5.74, 6) is -3.34. The van der Waals surface area contributed by atoms with E-state index >= 15 is 0 Å². The van der Waals surface area contributed by atoms with E-state index in [-0.39, 0.29) is 5.69 Å². The van der Waals surface area contributed by atoms with Crippen LogP contribution in [0.25, 0.3) is 0 Å². The number of nitrogens with one attached hydrogen (secondary N) is 1. The molecule has 21 heavy (non-hydrogen) atoms. The van der Waals surface area contributed by atoms with Crippen molar-refractivity contribution in [2.45, 2.75) is 11.4 Å². The summed E-state index contributed by atoms with van der Waals surface area (Å²) < 4.78 is 26.9. The quantitative estimate of drug-likeness (QED) is 0.820. The molecule has 3 nitrogen and oxygen atoms in total. The lowest BCUT2D eigenvalue weighted by molar-refractivity contribution is 0.0692. The van der Waals surface area contributed by atoms with Gasteiger partial charge in [-0.05, 0) is 30.0 Å². The summed E-state index contributed by atoms with van der Waals surface area (Å²) in [6, 6.07) is 9.18. The summed E-state index contributed by atoms with van der Waals surface area (Å²) in [4.78, 5) is 11.9. The van der Waals surface area contributed by atoms with Gasteiger partial charge in [-0.3, -0.25) is 0 Å². The Kier molecular flexibility index (Phi) is 4.80. The monoisotopic (exact) mass is 309 g/mol. The van der Waals surface area contributed by atoms with E-state index in [1.54, 1.807) is 11.8 Å². The third-order valence-corrected chi connectivity index (χ3v) is 3.67. The summed E-state index contributed by atoms with van der Waals surface area (Å²) in [5, 5.41) is 11.6. The van der Waals surface area contributed by atoms with Crippen molar-refractivity contribution in [3.8, 4) is 0 Å². The predicted molar refractivity (Wildman–Crippen MR) is 78.9 cm³/mol. The third-order valence-electron chi connectivity index (χ3n) is 2.93. The Hall–Kier alpha value is -2.08. The minimum atomic E-state index is -1.43. The van der Waals surface area contributed by atoms with Gasteiger partial charge in [0.05, 0.1) is 11.3 Å². The Morgan fingerprint density at radius 2 is 1.86 bits per heavy atom. The summed E-state index contributed by atoms with van der Waals surface area (Å²) >= 11 is 1.61. The number of carboxylic acids is 1. The molecule has 0 aliphatic heterocycles. The SMILES string of the molecule is CSc1ccc(CNc2cc(C(=O)O)c(F)cc2F)cc1. The Morgan fingerprint density at radius 3 is 2.43 bits per heavy atom. The number of carbonyl (C=O) groups is 1. The number of hydrogen-bond donors (Lipinski definition) is 2. The highest BCUT2D eigenvalue weighted by atomic mass is 32.2. The molecule has 2 rings (SSSR count). The summed E-state index contributed by atoms with van der Waals surface area (Å²) in [7, 11) is 0. The zero-order valence-electron chi connectivity index (χ0n) is 11.2. The first-order valence-corrected chi connectivity index (χ1v) is 7.33. The first-order chi connectivity index (χ1) is 10.0. The van der Waals surface area contributed by atoms with Crippen LogP contribution in [-0.4, -0.2) is 17.3 Å². The van der Waals surface area contributed by atoms with Gasteiger partial charge in [0, 0.05) is 17.5 Å². The molecule has 6 heteroatoms. The third kappa shape index (κ3) is 3.72. The number of benzene rings is 2. The van der Waals surface area contributed by atoms with Gasteiger partial charge in [0.2, 0.25) is 0 Å². The maximum absolute atomic E-state index is 13.6. The molecule has 0 bridgehead atoms. The molecule has 0 aromatic heterocycles. The van der Waals surface area contributed by atoms with Crippen LogP contribution < -0.4 is 5.32 Å². The molecule has 0 saturated heterocycles. The van der Waals surface area contributed by atoms with E-state index in [4.69, 9.17) is 5.11 Å². The second kappa shape index (κ2) is 6.58. The fourth-order valence-corrected chi connectivity index (χ4v) is 2.20. The first kappa shape index (κ1) is 15.3. The van der Waals surface area contributed by atoms with Crippen LogP contribution in [0.15, 0.2) is 41.3 Å². The van der Waals surface area contributed by atoms with Crippen LogP contribution in [0.3, 0.4) is 0 Å². The average Bonchev–Trinajstić information content (AvgIpc) is 2.46. The molecule has 2 aromatic carbocycles. The largest absolute Gasteiger partial charge is 0.478 e. The number of thioether (sulfide) groups is 1. The predicted octanol–water partition coefficient (Wildman–Crippen LogP) is 4.00. The van der Waals surface area contributed by atoms with Gasteiger partial charge in [-0.2, -0.15) is 0 Å². The number of hydrogen-bond acceptors (Lipinski definition) is 3. The smallest absolute Gasteiger partial charge is 0.338 e. The highest BCUT2D eigenvalue weighted by molar-refractivity contribution is 7.98. The molecule has 0 fully saturated rings. The second-order valence-corrected chi connectivity index (χ2v) is 5.20. The van der Waals surface area contributed by atoms with E-state index in [0.29, 0.717) is 12.6 Å². The van der Waals surface area contributed by atoms with Gasteiger partial charge in [0.25, 0.3) is 0 Å². The van der Waals surface area contributed by atoms with Gasteiger partial charge in [-0.15, -0.1) is 11.8 Å². The number of anilines is 1. The van der Waals surface area contributed by atoms with E-state index in [1.807, 2.05) is 30.5 Å². The standard InChI is InChI=1S/C15H13F2NO2S/c1-21-10-4-2-9(3-5-10)8-18-14-6-11(15(19)20)12(16)7-13(14)17/h2-7,18H,8H2,1H3,(H,19,20). The van der Waals surface area contributed by atoms with E-state index in [0.717, 1.165) is 16.5 Å². The first-order valence-electron chi connectivity index (χ1n) is 6.10. The number of rotatable bonds is 5. The van der Waals surface area contributed by atoms with Crippen molar-refractivity contribution in [1.82, 2.24) is 0 Å². The van der Waals surface area contributed by atoms with Crippen molar-refractivity contribution in [3.05, 3.63) is 59.2 Å². The molecule has 0 radical (unpaired) electrons. The Bertz CT molecular complexity index is 659. The molecule has 0 spiro atoms. The van der Waals surface area contributed by atoms with Gasteiger partial charge in [0.15, 0.2) is 0 Å². The molecule has 0 aliphatic rings. The van der Waals surface area contributed by atoms with Gasteiger partial charge < -0.3 is 10.4 Å². The molecule has 0 saturated carbocycles. The van der Waals surface area contributed by atoms with Crippen molar-refractivity contribution in [2.24, 2.45) is 0 Å². The van der Waals surface area contributed by atoms with Crippen LogP contribution in [0.5, 0.6) is 0 Å². The maximum atomic E-state index is 13.6. The maximum Gasteiger partial charge on any atom is 0.338 e. The molecule has 2 N–H and O–H groups in total. The van der Waals surface area contributed by atoms with Gasteiger partial charge in [-0.25, -0.2) is 13.6 Å². The van der Waals surface area contributed by atoms with Gasteiger partial charge >= 0.3 is 5.97 Å². The lowest BCUT2D eigenvalue weighted by Gasteiger charge is -2.09. The summed E-state index contributed by atoms with van der Waals surface area (Å²) in [6.07, 6.45) is 1.97. The Labute approximate surface area is 125 Å². The average molecular weight is 309 g/mol. The van der Waals surface area contributed by atoms with Crippen LogP contribution in [0, 0.1) is 11.6 Å². The van der Waals surface area contributed by atoms with Gasteiger partial charge in [0.1, 0.15) is 11.6 Å². The number of aromatic carboxylic acids is 1. The fraction of sp³-hybridized carbons (Fsp3) is 0.133. The molecule has 0 atom stereocenters. The van der Waals surface area contributed by atoms with E-state index < -0.39 is 23.2 Å². The molecule has 0 unspecified atom stereocenters. The summed E-state index contributed by atoms with van der Waals surface area (Å²) in [6.45, 7) is 0.316. The molecule has 110 valence electrons. The normalized spacial score (nSPS) is 10.4. The van der Waals surface area contributed by atoms with Crippen molar-refractivity contribution < 1.29 is 18.7 Å². The highest BCUT2D eigenvalue weighted by Crippen LogP contribution is 2.21. The van der Waals surface area contributed by atoms with Crippen LogP contribution in [0.2, 0.25) is 0 Å². The van der Waals surface area contributed by atoms with Crippen molar-refractivity contribution in [2.75, 3.05) is 11.6 Å².